The molecule has 0 fully saturated rings. The highest BCUT2D eigenvalue weighted by atomic mass is 16.2. The molecule has 0 aliphatic heterocycles. The quantitative estimate of drug-likeness (QED) is 0.680. The Hall–Kier alpha value is -1.98. The standard InChI is InChI=1S/C13H22N4O2/c1-3-7-17-9-10(14)8-11(17)13(19)16-6-5-12(18)15-4-2/h8-9H,3-7,14H2,1-2H3,(H,15,18)(H,16,19). The van der Waals surface area contributed by atoms with Crippen molar-refractivity contribution in [3.63, 3.8) is 0 Å². The molecule has 1 heterocycles. The molecule has 0 atom stereocenters. The number of rotatable bonds is 7. The fourth-order valence-electron chi connectivity index (χ4n) is 1.82. The van der Waals surface area contributed by atoms with Gasteiger partial charge in [-0.1, -0.05) is 6.92 Å². The van der Waals surface area contributed by atoms with Gasteiger partial charge in [0.25, 0.3) is 5.91 Å². The number of nitrogens with two attached hydrogens (primary N) is 1. The van der Waals surface area contributed by atoms with E-state index in [2.05, 4.69) is 10.6 Å². The second-order valence-corrected chi connectivity index (χ2v) is 4.31. The average molecular weight is 266 g/mol. The van der Waals surface area contributed by atoms with Crippen LogP contribution in [0.1, 0.15) is 37.2 Å². The number of carbonyl (C=O) groups is 2. The Kier molecular flexibility index (Phi) is 5.92. The van der Waals surface area contributed by atoms with Crippen LogP contribution >= 0.6 is 0 Å². The lowest BCUT2D eigenvalue weighted by Gasteiger charge is -2.08. The molecule has 1 aromatic rings. The van der Waals surface area contributed by atoms with Gasteiger partial charge in [-0.15, -0.1) is 0 Å². The first-order chi connectivity index (χ1) is 9.08. The van der Waals surface area contributed by atoms with Gasteiger partial charge in [0.2, 0.25) is 5.91 Å². The minimum absolute atomic E-state index is 0.0637. The summed E-state index contributed by atoms with van der Waals surface area (Å²) in [5.41, 5.74) is 6.81. The molecule has 0 aromatic carbocycles. The molecular formula is C13H22N4O2. The van der Waals surface area contributed by atoms with E-state index >= 15 is 0 Å². The lowest BCUT2D eigenvalue weighted by Crippen LogP contribution is -2.31. The molecule has 0 saturated carbocycles. The van der Waals surface area contributed by atoms with Gasteiger partial charge in [-0.3, -0.25) is 9.59 Å². The molecule has 2 amide bonds. The number of aromatic nitrogens is 1. The third kappa shape index (κ3) is 4.65. The van der Waals surface area contributed by atoms with E-state index in [1.165, 1.54) is 0 Å². The number of anilines is 1. The van der Waals surface area contributed by atoms with Gasteiger partial charge in [0.1, 0.15) is 5.69 Å². The van der Waals surface area contributed by atoms with Gasteiger partial charge in [-0.2, -0.15) is 0 Å². The molecule has 0 spiro atoms. The molecule has 6 nitrogen and oxygen atoms in total. The minimum atomic E-state index is -0.200. The van der Waals surface area contributed by atoms with Crippen LogP contribution in [-0.2, 0) is 11.3 Å². The van der Waals surface area contributed by atoms with E-state index in [1.54, 1.807) is 12.3 Å². The highest BCUT2D eigenvalue weighted by Crippen LogP contribution is 2.11. The van der Waals surface area contributed by atoms with Crippen LogP contribution in [0.4, 0.5) is 5.69 Å². The van der Waals surface area contributed by atoms with Gasteiger partial charge in [0.15, 0.2) is 0 Å². The average Bonchev–Trinajstić information content (AvgIpc) is 2.71. The zero-order chi connectivity index (χ0) is 14.3. The van der Waals surface area contributed by atoms with E-state index in [9.17, 15) is 9.59 Å². The van der Waals surface area contributed by atoms with E-state index in [-0.39, 0.29) is 18.2 Å². The zero-order valence-corrected chi connectivity index (χ0v) is 11.5. The number of hydrogen-bond acceptors (Lipinski definition) is 3. The van der Waals surface area contributed by atoms with Crippen molar-refractivity contribution in [2.75, 3.05) is 18.8 Å². The maximum atomic E-state index is 12.0. The summed E-state index contributed by atoms with van der Waals surface area (Å²) in [5, 5.41) is 5.40. The van der Waals surface area contributed by atoms with E-state index < -0.39 is 0 Å². The Bertz CT molecular complexity index is 440. The summed E-state index contributed by atoms with van der Waals surface area (Å²) in [6.45, 7) is 5.56. The van der Waals surface area contributed by atoms with Crippen molar-refractivity contribution in [2.45, 2.75) is 33.2 Å². The molecule has 0 bridgehead atoms. The zero-order valence-electron chi connectivity index (χ0n) is 11.5. The number of nitrogens with one attached hydrogen (secondary N) is 2. The molecule has 0 radical (unpaired) electrons. The van der Waals surface area contributed by atoms with Crippen molar-refractivity contribution in [1.82, 2.24) is 15.2 Å². The van der Waals surface area contributed by atoms with Crippen LogP contribution in [0.5, 0.6) is 0 Å². The second kappa shape index (κ2) is 7.45. The summed E-state index contributed by atoms with van der Waals surface area (Å²) in [4.78, 5) is 23.2. The Morgan fingerprint density at radius 2 is 2.05 bits per heavy atom. The third-order valence-corrected chi connectivity index (χ3v) is 2.63. The van der Waals surface area contributed by atoms with Crippen molar-refractivity contribution in [3.05, 3.63) is 18.0 Å². The van der Waals surface area contributed by atoms with Gasteiger partial charge >= 0.3 is 0 Å². The summed E-state index contributed by atoms with van der Waals surface area (Å²) >= 11 is 0. The highest BCUT2D eigenvalue weighted by Gasteiger charge is 2.12. The van der Waals surface area contributed by atoms with Gasteiger partial charge < -0.3 is 20.9 Å². The van der Waals surface area contributed by atoms with Crippen molar-refractivity contribution < 1.29 is 9.59 Å². The molecule has 0 aliphatic rings. The molecule has 4 N–H and O–H groups in total. The summed E-state index contributed by atoms with van der Waals surface area (Å²) in [6.07, 6.45) is 2.96. The van der Waals surface area contributed by atoms with Gasteiger partial charge in [0.05, 0.1) is 5.69 Å². The fraction of sp³-hybridized carbons (Fsp3) is 0.538. The topological polar surface area (TPSA) is 89.2 Å². The first-order valence-corrected chi connectivity index (χ1v) is 6.59. The van der Waals surface area contributed by atoms with E-state index in [0.29, 0.717) is 24.5 Å². The summed E-state index contributed by atoms with van der Waals surface area (Å²) in [6, 6.07) is 1.65. The van der Waals surface area contributed by atoms with E-state index in [4.69, 9.17) is 5.73 Å². The minimum Gasteiger partial charge on any atom is -0.397 e. The highest BCUT2D eigenvalue weighted by molar-refractivity contribution is 5.94. The van der Waals surface area contributed by atoms with Crippen LogP contribution < -0.4 is 16.4 Å². The van der Waals surface area contributed by atoms with Crippen LogP contribution in [0.2, 0.25) is 0 Å². The van der Waals surface area contributed by atoms with Crippen molar-refractivity contribution in [2.24, 2.45) is 0 Å². The number of hydrogen-bond donors (Lipinski definition) is 3. The number of carbonyl (C=O) groups excluding carboxylic acids is 2. The van der Waals surface area contributed by atoms with Crippen molar-refractivity contribution in [1.29, 1.82) is 0 Å². The van der Waals surface area contributed by atoms with Crippen LogP contribution in [0, 0.1) is 0 Å². The van der Waals surface area contributed by atoms with E-state index in [1.807, 2.05) is 18.4 Å². The van der Waals surface area contributed by atoms with Gasteiger partial charge in [-0.05, 0) is 19.4 Å². The molecule has 19 heavy (non-hydrogen) atoms. The van der Waals surface area contributed by atoms with Crippen molar-refractivity contribution >= 4 is 17.5 Å². The van der Waals surface area contributed by atoms with Crippen LogP contribution in [0.3, 0.4) is 0 Å². The molecule has 1 rings (SSSR count). The third-order valence-electron chi connectivity index (χ3n) is 2.63. The lowest BCUT2D eigenvalue weighted by atomic mass is 10.3. The molecule has 106 valence electrons. The Balaban J connectivity index is 2.51. The SMILES string of the molecule is CCCn1cc(N)cc1C(=O)NCCC(=O)NCC. The first kappa shape index (κ1) is 15.1. The number of nitrogens with zero attached hydrogens (tertiary/aromatic N) is 1. The molecule has 0 unspecified atom stereocenters. The summed E-state index contributed by atoms with van der Waals surface area (Å²) < 4.78 is 1.83. The second-order valence-electron chi connectivity index (χ2n) is 4.31. The molecule has 0 saturated heterocycles. The Labute approximate surface area is 113 Å². The Morgan fingerprint density at radius 1 is 1.32 bits per heavy atom. The maximum Gasteiger partial charge on any atom is 0.267 e. The molecular weight excluding hydrogens is 244 g/mol. The largest absolute Gasteiger partial charge is 0.397 e. The van der Waals surface area contributed by atoms with Crippen molar-refractivity contribution in [3.8, 4) is 0 Å². The number of amides is 2. The first-order valence-electron chi connectivity index (χ1n) is 6.59. The van der Waals surface area contributed by atoms with Gasteiger partial charge in [0, 0.05) is 32.3 Å². The molecule has 1 aromatic heterocycles. The number of aryl methyl sites for hydroxylation is 1. The molecule has 6 heteroatoms. The van der Waals surface area contributed by atoms with Crippen LogP contribution in [0.25, 0.3) is 0 Å². The van der Waals surface area contributed by atoms with Crippen LogP contribution in [0.15, 0.2) is 12.3 Å². The predicted molar refractivity (Wildman–Crippen MR) is 74.8 cm³/mol. The monoisotopic (exact) mass is 266 g/mol. The summed E-state index contributed by atoms with van der Waals surface area (Å²) in [5.74, 6) is -0.263. The number of nitrogen functional groups attached to an aromatic ring is 1. The summed E-state index contributed by atoms with van der Waals surface area (Å²) in [7, 11) is 0. The molecule has 0 aliphatic carbocycles. The smallest absolute Gasteiger partial charge is 0.267 e. The van der Waals surface area contributed by atoms with E-state index in [0.717, 1.165) is 13.0 Å². The van der Waals surface area contributed by atoms with Crippen LogP contribution in [-0.4, -0.2) is 29.5 Å². The normalized spacial score (nSPS) is 10.2. The predicted octanol–water partition coefficient (Wildman–Crippen LogP) is 0.736. The van der Waals surface area contributed by atoms with Gasteiger partial charge in [-0.25, -0.2) is 0 Å². The lowest BCUT2D eigenvalue weighted by molar-refractivity contribution is -0.120. The fourth-order valence-corrected chi connectivity index (χ4v) is 1.82. The Morgan fingerprint density at radius 3 is 2.68 bits per heavy atom. The maximum absolute atomic E-state index is 12.0.